The van der Waals surface area contributed by atoms with Crippen molar-refractivity contribution in [3.8, 4) is 0 Å². The molecule has 2 aliphatic carbocycles. The molecule has 0 aliphatic heterocycles. The molecule has 212 valence electrons. The number of allylic oxidation sites excluding steroid dienone is 4. The minimum absolute atomic E-state index is 0.167. The summed E-state index contributed by atoms with van der Waals surface area (Å²) < 4.78 is 49.4. The number of hydrogen-bond acceptors (Lipinski definition) is 1. The predicted molar refractivity (Wildman–Crippen MR) is 155 cm³/mol. The van der Waals surface area contributed by atoms with Crippen molar-refractivity contribution in [2.24, 2.45) is 11.8 Å². The first-order chi connectivity index (χ1) is 18.9. The molecule has 1 nitrogen and oxygen atoms in total. The zero-order valence-corrected chi connectivity index (χ0v) is 23.7. The van der Waals surface area contributed by atoms with Crippen molar-refractivity contribution in [1.82, 2.24) is 0 Å². The highest BCUT2D eigenvalue weighted by molar-refractivity contribution is 5.30. The predicted octanol–water partition coefficient (Wildman–Crippen LogP) is 10.6. The van der Waals surface area contributed by atoms with Crippen molar-refractivity contribution in [3.05, 3.63) is 94.8 Å². The quantitative estimate of drug-likeness (QED) is 0.259. The van der Waals surface area contributed by atoms with Crippen LogP contribution in [0.5, 0.6) is 0 Å². The van der Waals surface area contributed by atoms with Crippen LogP contribution in [0.15, 0.2) is 66.8 Å². The van der Waals surface area contributed by atoms with Crippen LogP contribution in [-0.2, 0) is 17.3 Å². The van der Waals surface area contributed by atoms with Crippen LogP contribution in [0, 0.1) is 17.7 Å². The molecule has 2 saturated carbocycles. The van der Waals surface area contributed by atoms with Gasteiger partial charge in [0.05, 0.1) is 12.2 Å². The van der Waals surface area contributed by atoms with Gasteiger partial charge in [-0.15, -0.1) is 0 Å². The molecule has 0 spiro atoms. The molecule has 0 radical (unpaired) electrons. The first-order valence-corrected chi connectivity index (χ1v) is 15.0. The van der Waals surface area contributed by atoms with E-state index >= 15 is 0 Å². The van der Waals surface area contributed by atoms with Gasteiger partial charge in [-0.1, -0.05) is 54.6 Å². The number of halogens is 3. The maximum atomic E-state index is 14.9. The fourth-order valence-corrected chi connectivity index (χ4v) is 6.55. The Balaban J connectivity index is 1.25. The molecule has 39 heavy (non-hydrogen) atoms. The van der Waals surface area contributed by atoms with E-state index in [-0.39, 0.29) is 12.5 Å². The van der Waals surface area contributed by atoms with Crippen LogP contribution in [0.25, 0.3) is 0 Å². The Labute approximate surface area is 233 Å². The van der Waals surface area contributed by atoms with Crippen LogP contribution in [0.4, 0.5) is 13.2 Å². The summed E-state index contributed by atoms with van der Waals surface area (Å²) in [5.74, 6) is 1.35. The Kier molecular flexibility index (Phi) is 10.9. The van der Waals surface area contributed by atoms with Crippen LogP contribution < -0.4 is 0 Å². The highest BCUT2D eigenvalue weighted by Crippen LogP contribution is 2.40. The summed E-state index contributed by atoms with van der Waals surface area (Å²) in [6.07, 6.45) is 16.8. The van der Waals surface area contributed by atoms with Crippen LogP contribution in [0.3, 0.4) is 0 Å². The molecule has 0 amide bonds. The molecule has 2 aromatic rings. The molecule has 0 aromatic heterocycles. The van der Waals surface area contributed by atoms with Crippen molar-refractivity contribution in [2.75, 3.05) is 6.61 Å². The second-order valence-corrected chi connectivity index (χ2v) is 11.6. The minimum Gasteiger partial charge on any atom is -0.316 e. The van der Waals surface area contributed by atoms with Crippen LogP contribution in [0.1, 0.15) is 112 Å². The van der Waals surface area contributed by atoms with E-state index in [2.05, 4.69) is 43.4 Å². The SMILES string of the molecule is CC=CCCC1CCC(c2ccc(C(F)(F)OCCc3ccc(C4CCC(C=CC)CC4)cc3)c(F)c2)CC1. The van der Waals surface area contributed by atoms with E-state index in [1.165, 1.54) is 49.8 Å². The van der Waals surface area contributed by atoms with E-state index in [1.807, 2.05) is 19.1 Å². The molecule has 0 unspecified atom stereocenters. The van der Waals surface area contributed by atoms with E-state index in [4.69, 9.17) is 4.74 Å². The molecular weight excluding hydrogens is 493 g/mol. The van der Waals surface area contributed by atoms with Crippen LogP contribution >= 0.6 is 0 Å². The molecule has 2 aliphatic rings. The maximum absolute atomic E-state index is 14.9. The zero-order valence-electron chi connectivity index (χ0n) is 23.7. The van der Waals surface area contributed by atoms with Crippen molar-refractivity contribution >= 4 is 0 Å². The normalized spacial score (nSPS) is 24.5. The maximum Gasteiger partial charge on any atom is 0.386 e. The molecule has 4 heteroatoms. The van der Waals surface area contributed by atoms with Gasteiger partial charge in [-0.05, 0) is 137 Å². The summed E-state index contributed by atoms with van der Waals surface area (Å²) in [6.45, 7) is 3.95. The second-order valence-electron chi connectivity index (χ2n) is 11.6. The molecule has 2 aromatic carbocycles. The average molecular weight is 539 g/mol. The third kappa shape index (κ3) is 8.33. The Bertz CT molecular complexity index is 1070. The molecule has 0 saturated heterocycles. The number of alkyl halides is 2. The van der Waals surface area contributed by atoms with Crippen molar-refractivity contribution < 1.29 is 17.9 Å². The van der Waals surface area contributed by atoms with E-state index in [1.54, 1.807) is 6.07 Å². The Morgan fingerprint density at radius 3 is 2.10 bits per heavy atom. The third-order valence-electron chi connectivity index (χ3n) is 8.96. The van der Waals surface area contributed by atoms with Crippen molar-refractivity contribution in [2.45, 2.75) is 102 Å². The summed E-state index contributed by atoms with van der Waals surface area (Å²) in [5.41, 5.74) is 2.44. The third-order valence-corrected chi connectivity index (χ3v) is 8.96. The van der Waals surface area contributed by atoms with Gasteiger partial charge in [-0.2, -0.15) is 8.78 Å². The van der Waals surface area contributed by atoms with Gasteiger partial charge in [-0.25, -0.2) is 4.39 Å². The first-order valence-electron chi connectivity index (χ1n) is 15.0. The average Bonchev–Trinajstić information content (AvgIpc) is 2.94. The van der Waals surface area contributed by atoms with Gasteiger partial charge >= 0.3 is 6.11 Å². The Morgan fingerprint density at radius 1 is 0.821 bits per heavy atom. The first kappa shape index (κ1) is 29.6. The molecule has 0 atom stereocenters. The lowest BCUT2D eigenvalue weighted by molar-refractivity contribution is -0.249. The van der Waals surface area contributed by atoms with Gasteiger partial charge in [0.15, 0.2) is 0 Å². The van der Waals surface area contributed by atoms with Gasteiger partial charge in [0.25, 0.3) is 0 Å². The molecule has 0 heterocycles. The zero-order chi connectivity index (χ0) is 27.7. The highest BCUT2D eigenvalue weighted by Gasteiger charge is 2.36. The van der Waals surface area contributed by atoms with Gasteiger partial charge in [0.1, 0.15) is 5.82 Å². The second kappa shape index (κ2) is 14.3. The molecular formula is C35H45F3O. The van der Waals surface area contributed by atoms with Gasteiger partial charge < -0.3 is 4.74 Å². The van der Waals surface area contributed by atoms with Crippen LogP contribution in [-0.4, -0.2) is 6.61 Å². The lowest BCUT2D eigenvalue weighted by atomic mass is 9.77. The van der Waals surface area contributed by atoms with E-state index in [0.29, 0.717) is 24.2 Å². The van der Waals surface area contributed by atoms with Gasteiger partial charge in [-0.3, -0.25) is 0 Å². The molecule has 0 N–H and O–H groups in total. The number of hydrogen-bond donors (Lipinski definition) is 0. The van der Waals surface area contributed by atoms with Gasteiger partial charge in [0, 0.05) is 0 Å². The Morgan fingerprint density at radius 2 is 1.46 bits per heavy atom. The largest absolute Gasteiger partial charge is 0.386 e. The number of rotatable bonds is 11. The number of benzene rings is 2. The smallest absolute Gasteiger partial charge is 0.316 e. The molecule has 4 rings (SSSR count). The molecule has 0 bridgehead atoms. The van der Waals surface area contributed by atoms with Crippen LogP contribution in [0.2, 0.25) is 0 Å². The monoisotopic (exact) mass is 538 g/mol. The minimum atomic E-state index is -3.65. The van der Waals surface area contributed by atoms with Crippen molar-refractivity contribution in [3.63, 3.8) is 0 Å². The lowest BCUT2D eigenvalue weighted by Gasteiger charge is -2.29. The highest BCUT2D eigenvalue weighted by atomic mass is 19.3. The fraction of sp³-hybridized carbons (Fsp3) is 0.543. The topological polar surface area (TPSA) is 9.23 Å². The van der Waals surface area contributed by atoms with E-state index < -0.39 is 17.5 Å². The van der Waals surface area contributed by atoms with Gasteiger partial charge in [0.2, 0.25) is 0 Å². The number of ether oxygens (including phenoxy) is 1. The summed E-state index contributed by atoms with van der Waals surface area (Å²) in [4.78, 5) is 0. The summed E-state index contributed by atoms with van der Waals surface area (Å²) >= 11 is 0. The summed E-state index contributed by atoms with van der Waals surface area (Å²) in [5, 5.41) is 0. The Hall–Kier alpha value is -2.33. The standard InChI is InChI=1S/C35H45F3O/c1-3-5-6-8-27-11-19-31(20-12-27)32-21-22-33(34(36)25-32)35(37,38)39-24-23-28-13-17-30(18-14-28)29-15-9-26(7-4-2)10-16-29/h3-5,7,13-14,17-18,21-22,25-27,29,31H,6,8-12,15-16,19-20,23-24H2,1-2H3. The van der Waals surface area contributed by atoms with E-state index in [9.17, 15) is 13.2 Å². The fourth-order valence-electron chi connectivity index (χ4n) is 6.55. The van der Waals surface area contributed by atoms with E-state index in [0.717, 1.165) is 43.2 Å². The van der Waals surface area contributed by atoms with Crippen molar-refractivity contribution in [1.29, 1.82) is 0 Å². The summed E-state index contributed by atoms with van der Waals surface area (Å²) in [7, 11) is 0. The molecule has 2 fully saturated rings. The summed E-state index contributed by atoms with van der Waals surface area (Å²) in [6, 6.07) is 12.5. The lowest BCUT2D eigenvalue weighted by Crippen LogP contribution is -2.22.